The first-order valence-electron chi connectivity index (χ1n) is 8.72. The van der Waals surface area contributed by atoms with Crippen LogP contribution in [0.1, 0.15) is 53.0 Å². The SMILES string of the molecule is COc1cccc(-c2n[nH]c3c2C(c2ccc(C(C)C)cc2)NC3=O)c1. The number of carbonyl (C=O) groups excluding carboxylic acids is 1. The van der Waals surface area contributed by atoms with Gasteiger partial charge in [0.2, 0.25) is 0 Å². The van der Waals surface area contributed by atoms with Crippen LogP contribution in [-0.4, -0.2) is 23.2 Å². The van der Waals surface area contributed by atoms with E-state index in [2.05, 4.69) is 53.6 Å². The Labute approximate surface area is 152 Å². The Balaban J connectivity index is 1.78. The Morgan fingerprint density at radius 1 is 1.12 bits per heavy atom. The Kier molecular flexibility index (Phi) is 3.99. The van der Waals surface area contributed by atoms with Crippen molar-refractivity contribution in [2.75, 3.05) is 7.11 Å². The Hall–Kier alpha value is -3.08. The van der Waals surface area contributed by atoms with Crippen LogP contribution in [0.5, 0.6) is 5.75 Å². The Bertz CT molecular complexity index is 958. The van der Waals surface area contributed by atoms with Gasteiger partial charge < -0.3 is 10.1 Å². The maximum Gasteiger partial charge on any atom is 0.270 e. The molecule has 132 valence electrons. The average molecular weight is 347 g/mol. The molecule has 5 nitrogen and oxygen atoms in total. The summed E-state index contributed by atoms with van der Waals surface area (Å²) in [6.07, 6.45) is 0. The molecule has 0 fully saturated rings. The van der Waals surface area contributed by atoms with E-state index in [4.69, 9.17) is 4.74 Å². The minimum atomic E-state index is -0.210. The Morgan fingerprint density at radius 3 is 2.58 bits per heavy atom. The first kappa shape index (κ1) is 16.4. The number of amides is 1. The second-order valence-electron chi connectivity index (χ2n) is 6.82. The van der Waals surface area contributed by atoms with E-state index in [1.54, 1.807) is 7.11 Å². The van der Waals surface area contributed by atoms with Gasteiger partial charge >= 0.3 is 0 Å². The van der Waals surface area contributed by atoms with Crippen molar-refractivity contribution in [3.63, 3.8) is 0 Å². The van der Waals surface area contributed by atoms with Crippen molar-refractivity contribution >= 4 is 5.91 Å². The van der Waals surface area contributed by atoms with E-state index in [0.29, 0.717) is 11.6 Å². The number of fused-ring (bicyclic) bond motifs is 1. The highest BCUT2D eigenvalue weighted by molar-refractivity contribution is 6.00. The highest BCUT2D eigenvalue weighted by atomic mass is 16.5. The topological polar surface area (TPSA) is 67.0 Å². The third-order valence-corrected chi connectivity index (χ3v) is 4.87. The zero-order valence-corrected chi connectivity index (χ0v) is 15.0. The van der Waals surface area contributed by atoms with Crippen LogP contribution in [0.3, 0.4) is 0 Å². The number of aromatic nitrogens is 2. The van der Waals surface area contributed by atoms with Gasteiger partial charge in [0.05, 0.1) is 18.8 Å². The average Bonchev–Trinajstić information content (AvgIpc) is 3.23. The van der Waals surface area contributed by atoms with Crippen LogP contribution >= 0.6 is 0 Å². The van der Waals surface area contributed by atoms with Crippen LogP contribution in [-0.2, 0) is 0 Å². The first-order valence-corrected chi connectivity index (χ1v) is 8.72. The van der Waals surface area contributed by atoms with Gasteiger partial charge in [-0.15, -0.1) is 0 Å². The molecule has 5 heteroatoms. The molecule has 0 radical (unpaired) electrons. The standard InChI is InChI=1S/C21H21N3O2/c1-12(2)13-7-9-14(10-8-13)18-17-19(23-24-20(17)21(25)22-18)15-5-4-6-16(11-15)26-3/h4-12,18H,1-3H3,(H,22,25)(H,23,24). The zero-order valence-electron chi connectivity index (χ0n) is 15.0. The van der Waals surface area contributed by atoms with Gasteiger partial charge in [0.25, 0.3) is 5.91 Å². The van der Waals surface area contributed by atoms with E-state index in [1.807, 2.05) is 24.3 Å². The molecule has 1 atom stereocenters. The molecule has 0 aliphatic carbocycles. The highest BCUT2D eigenvalue weighted by Crippen LogP contribution is 2.38. The largest absolute Gasteiger partial charge is 0.497 e. The molecule has 1 aliphatic heterocycles. The summed E-state index contributed by atoms with van der Waals surface area (Å²) in [5.41, 5.74) is 5.43. The fourth-order valence-corrected chi connectivity index (χ4v) is 3.39. The van der Waals surface area contributed by atoms with Crippen LogP contribution in [0, 0.1) is 0 Å². The molecular weight excluding hydrogens is 326 g/mol. The van der Waals surface area contributed by atoms with Gasteiger partial charge in [0.1, 0.15) is 11.4 Å². The van der Waals surface area contributed by atoms with Crippen molar-refractivity contribution in [3.8, 4) is 17.0 Å². The molecule has 3 aromatic rings. The molecule has 4 rings (SSSR count). The molecule has 2 heterocycles. The number of aromatic amines is 1. The van der Waals surface area contributed by atoms with Gasteiger partial charge in [0.15, 0.2) is 0 Å². The number of methoxy groups -OCH3 is 1. The smallest absolute Gasteiger partial charge is 0.270 e. The molecule has 0 saturated heterocycles. The fraction of sp³-hybridized carbons (Fsp3) is 0.238. The molecule has 2 N–H and O–H groups in total. The lowest BCUT2D eigenvalue weighted by molar-refractivity contribution is 0.0955. The predicted octanol–water partition coefficient (Wildman–Crippen LogP) is 4.04. The summed E-state index contributed by atoms with van der Waals surface area (Å²) >= 11 is 0. The van der Waals surface area contributed by atoms with Crippen molar-refractivity contribution in [1.29, 1.82) is 0 Å². The number of carbonyl (C=O) groups is 1. The van der Waals surface area contributed by atoms with Crippen molar-refractivity contribution in [2.45, 2.75) is 25.8 Å². The molecule has 1 amide bonds. The van der Waals surface area contributed by atoms with Crippen molar-refractivity contribution < 1.29 is 9.53 Å². The second kappa shape index (κ2) is 6.33. The minimum Gasteiger partial charge on any atom is -0.497 e. The number of H-pyrrole nitrogens is 1. The lowest BCUT2D eigenvalue weighted by Crippen LogP contribution is -2.21. The van der Waals surface area contributed by atoms with Gasteiger partial charge in [-0.05, 0) is 29.2 Å². The number of hydrogen-bond donors (Lipinski definition) is 2. The maximum atomic E-state index is 12.4. The summed E-state index contributed by atoms with van der Waals surface area (Å²) in [7, 11) is 1.64. The maximum absolute atomic E-state index is 12.4. The molecule has 1 aliphatic rings. The van der Waals surface area contributed by atoms with E-state index in [9.17, 15) is 4.79 Å². The summed E-state index contributed by atoms with van der Waals surface area (Å²) < 4.78 is 5.32. The summed E-state index contributed by atoms with van der Waals surface area (Å²) in [6.45, 7) is 4.34. The molecule has 1 aromatic heterocycles. The third kappa shape index (κ3) is 2.65. The van der Waals surface area contributed by atoms with Crippen molar-refractivity contribution in [1.82, 2.24) is 15.5 Å². The Morgan fingerprint density at radius 2 is 1.88 bits per heavy atom. The van der Waals surface area contributed by atoms with Crippen LogP contribution in [0.4, 0.5) is 0 Å². The van der Waals surface area contributed by atoms with E-state index in [1.165, 1.54) is 5.56 Å². The molecule has 2 aromatic carbocycles. The van der Waals surface area contributed by atoms with Gasteiger partial charge in [0, 0.05) is 11.1 Å². The summed E-state index contributed by atoms with van der Waals surface area (Å²) in [5, 5.41) is 10.4. The number of hydrogen-bond acceptors (Lipinski definition) is 3. The van der Waals surface area contributed by atoms with Gasteiger partial charge in [-0.1, -0.05) is 50.2 Å². The zero-order chi connectivity index (χ0) is 18.3. The monoisotopic (exact) mass is 347 g/mol. The first-order chi connectivity index (χ1) is 12.6. The predicted molar refractivity (Wildman–Crippen MR) is 100 cm³/mol. The fourth-order valence-electron chi connectivity index (χ4n) is 3.39. The summed E-state index contributed by atoms with van der Waals surface area (Å²) in [4.78, 5) is 12.4. The lowest BCUT2D eigenvalue weighted by Gasteiger charge is -2.15. The van der Waals surface area contributed by atoms with Crippen LogP contribution in [0.25, 0.3) is 11.3 Å². The van der Waals surface area contributed by atoms with Crippen LogP contribution < -0.4 is 10.1 Å². The van der Waals surface area contributed by atoms with E-state index in [0.717, 1.165) is 28.1 Å². The number of benzene rings is 2. The number of nitrogens with one attached hydrogen (secondary N) is 2. The second-order valence-corrected chi connectivity index (χ2v) is 6.82. The number of ether oxygens (including phenoxy) is 1. The molecule has 0 spiro atoms. The number of nitrogens with zero attached hydrogens (tertiary/aromatic N) is 1. The van der Waals surface area contributed by atoms with Gasteiger partial charge in [-0.3, -0.25) is 9.89 Å². The van der Waals surface area contributed by atoms with E-state index in [-0.39, 0.29) is 11.9 Å². The lowest BCUT2D eigenvalue weighted by atomic mass is 9.94. The van der Waals surface area contributed by atoms with Gasteiger partial charge in [-0.25, -0.2) is 0 Å². The minimum absolute atomic E-state index is 0.125. The molecular formula is C21H21N3O2. The molecule has 0 saturated carbocycles. The summed E-state index contributed by atoms with van der Waals surface area (Å²) in [6, 6.07) is 15.9. The number of rotatable bonds is 4. The normalized spacial score (nSPS) is 15.8. The molecule has 0 bridgehead atoms. The van der Waals surface area contributed by atoms with Gasteiger partial charge in [-0.2, -0.15) is 5.10 Å². The quantitative estimate of drug-likeness (QED) is 0.748. The highest BCUT2D eigenvalue weighted by Gasteiger charge is 2.35. The summed E-state index contributed by atoms with van der Waals surface area (Å²) in [5.74, 6) is 1.10. The molecule has 26 heavy (non-hydrogen) atoms. The van der Waals surface area contributed by atoms with Crippen molar-refractivity contribution in [3.05, 3.63) is 70.9 Å². The third-order valence-electron chi connectivity index (χ3n) is 4.87. The van der Waals surface area contributed by atoms with E-state index < -0.39 is 0 Å². The van der Waals surface area contributed by atoms with E-state index >= 15 is 0 Å². The van der Waals surface area contributed by atoms with Crippen LogP contribution in [0.2, 0.25) is 0 Å². The van der Waals surface area contributed by atoms with Crippen molar-refractivity contribution in [2.24, 2.45) is 0 Å². The van der Waals surface area contributed by atoms with Crippen LogP contribution in [0.15, 0.2) is 48.5 Å². The molecule has 1 unspecified atom stereocenters.